The van der Waals surface area contributed by atoms with Crippen LogP contribution in [0.15, 0.2) is 48.5 Å². The molecule has 0 bridgehead atoms. The molecule has 39 heavy (non-hydrogen) atoms. The smallest absolute Gasteiger partial charge is 0.175 e. The van der Waals surface area contributed by atoms with Crippen molar-refractivity contribution in [1.29, 1.82) is 0 Å². The Bertz CT molecular complexity index is 783. The number of unbranched alkanes of at least 4 members (excludes halogenated alkanes) is 4. The predicted octanol–water partition coefficient (Wildman–Crippen LogP) is 10.2. The first-order chi connectivity index (χ1) is 18.9. The molecular formula is C33H57N2O2PS. The molecule has 0 atom stereocenters. The molecule has 0 spiro atoms. The number of thiocarbonyl (C=S) groups is 1. The Morgan fingerprint density at radius 1 is 0.564 bits per heavy atom. The van der Waals surface area contributed by atoms with Gasteiger partial charge in [-0.2, -0.15) is 0 Å². The van der Waals surface area contributed by atoms with Gasteiger partial charge in [0.25, 0.3) is 0 Å². The fraction of sp³-hybridized carbons (Fsp3) is 0.606. The van der Waals surface area contributed by atoms with Crippen LogP contribution >= 0.6 is 19.5 Å². The summed E-state index contributed by atoms with van der Waals surface area (Å²) in [6.07, 6.45) is 18.1. The average Bonchev–Trinajstić information content (AvgIpc) is 2.95. The van der Waals surface area contributed by atoms with Crippen LogP contribution in [-0.4, -0.2) is 43.0 Å². The van der Waals surface area contributed by atoms with Crippen LogP contribution in [0.2, 0.25) is 0 Å². The largest absolute Gasteiger partial charge is 0.494 e. The summed E-state index contributed by atoms with van der Waals surface area (Å²) in [6.45, 7) is 14.7. The van der Waals surface area contributed by atoms with Crippen LogP contribution < -0.4 is 20.1 Å². The molecule has 0 unspecified atom stereocenters. The van der Waals surface area contributed by atoms with Gasteiger partial charge in [0.15, 0.2) is 5.11 Å². The minimum Gasteiger partial charge on any atom is -0.494 e. The number of anilines is 2. The molecule has 0 aliphatic rings. The van der Waals surface area contributed by atoms with Crippen LogP contribution in [0.3, 0.4) is 0 Å². The van der Waals surface area contributed by atoms with Gasteiger partial charge < -0.3 is 20.1 Å². The van der Waals surface area contributed by atoms with Crippen molar-refractivity contribution in [2.24, 2.45) is 0 Å². The van der Waals surface area contributed by atoms with Crippen molar-refractivity contribution in [3.63, 3.8) is 0 Å². The third-order valence-corrected chi connectivity index (χ3v) is 12.9. The Morgan fingerprint density at radius 3 is 1.13 bits per heavy atom. The molecule has 0 amide bonds. The van der Waals surface area contributed by atoms with E-state index in [1.807, 2.05) is 62.4 Å². The van der Waals surface area contributed by atoms with Gasteiger partial charge >= 0.3 is 111 Å². The van der Waals surface area contributed by atoms with E-state index in [2.05, 4.69) is 38.3 Å². The third-order valence-electron chi connectivity index (χ3n) is 7.09. The molecule has 4 nitrogen and oxygen atoms in total. The Morgan fingerprint density at radius 2 is 0.872 bits per heavy atom. The van der Waals surface area contributed by atoms with Gasteiger partial charge in [-0.3, -0.25) is 0 Å². The summed E-state index contributed by atoms with van der Waals surface area (Å²) in [7, 11) is -0.879. The number of ether oxygens (including phenoxy) is 2. The summed E-state index contributed by atoms with van der Waals surface area (Å²) in [5.41, 5.74) is 1.82. The zero-order valence-corrected chi connectivity index (χ0v) is 27.6. The quantitative estimate of drug-likeness (QED) is 0.136. The summed E-state index contributed by atoms with van der Waals surface area (Å²) in [4.78, 5) is 0. The standard InChI is InChI=1S/C17H20N2O2S.C16H37P/c1-3-20-15-9-5-13(6-10-15)18-17(22)19-14-7-11-16(12-8-14)21-4-2;1-5-9-13-17(14-10-6-2,15-11-7-3)16-12-8-4/h5-12H,3-4H2,1-2H3,(H2,18,19,22);17H,5-16H2,1-4H3. The first-order valence-electron chi connectivity index (χ1n) is 15.5. The Balaban J connectivity index is 0.000000406. The van der Waals surface area contributed by atoms with Gasteiger partial charge in [-0.1, -0.05) is 0 Å². The van der Waals surface area contributed by atoms with Crippen molar-refractivity contribution in [3.05, 3.63) is 48.5 Å². The van der Waals surface area contributed by atoms with Crippen molar-refractivity contribution in [2.75, 3.05) is 48.5 Å². The van der Waals surface area contributed by atoms with E-state index >= 15 is 0 Å². The molecule has 0 heterocycles. The second-order valence-electron chi connectivity index (χ2n) is 10.4. The molecule has 2 rings (SSSR count). The summed E-state index contributed by atoms with van der Waals surface area (Å²) in [6, 6.07) is 15.3. The van der Waals surface area contributed by atoms with Crippen LogP contribution in [0.25, 0.3) is 0 Å². The second kappa shape index (κ2) is 21.9. The molecule has 2 aromatic rings. The molecule has 0 aliphatic heterocycles. The van der Waals surface area contributed by atoms with E-state index in [0.29, 0.717) is 18.3 Å². The Kier molecular flexibility index (Phi) is 19.8. The van der Waals surface area contributed by atoms with E-state index in [4.69, 9.17) is 21.7 Å². The molecule has 0 saturated heterocycles. The monoisotopic (exact) mass is 576 g/mol. The molecule has 0 aliphatic carbocycles. The van der Waals surface area contributed by atoms with Crippen molar-refractivity contribution in [1.82, 2.24) is 0 Å². The topological polar surface area (TPSA) is 42.5 Å². The van der Waals surface area contributed by atoms with Crippen LogP contribution in [0.5, 0.6) is 11.5 Å². The van der Waals surface area contributed by atoms with Gasteiger partial charge in [0.2, 0.25) is 0 Å². The molecular weight excluding hydrogens is 519 g/mol. The molecule has 0 radical (unpaired) electrons. The molecule has 2 aromatic carbocycles. The maximum atomic E-state index is 5.40. The van der Waals surface area contributed by atoms with Gasteiger partial charge in [-0.15, -0.1) is 0 Å². The van der Waals surface area contributed by atoms with Gasteiger partial charge in [0.1, 0.15) is 11.5 Å². The van der Waals surface area contributed by atoms with Crippen molar-refractivity contribution in [2.45, 2.75) is 92.9 Å². The third kappa shape index (κ3) is 15.5. The van der Waals surface area contributed by atoms with Crippen LogP contribution in [-0.2, 0) is 0 Å². The molecule has 222 valence electrons. The van der Waals surface area contributed by atoms with Gasteiger partial charge in [-0.25, -0.2) is 0 Å². The number of rotatable bonds is 18. The normalized spacial score (nSPS) is 11.2. The first-order valence-corrected chi connectivity index (χ1v) is 18.7. The zero-order chi connectivity index (χ0) is 28.8. The van der Waals surface area contributed by atoms with E-state index in [1.165, 1.54) is 51.4 Å². The minimum absolute atomic E-state index is 0.535. The van der Waals surface area contributed by atoms with Crippen molar-refractivity contribution in [3.8, 4) is 11.5 Å². The van der Waals surface area contributed by atoms with E-state index in [0.717, 1.165) is 22.9 Å². The van der Waals surface area contributed by atoms with Crippen molar-refractivity contribution < 1.29 is 9.47 Å². The van der Waals surface area contributed by atoms with E-state index in [9.17, 15) is 0 Å². The van der Waals surface area contributed by atoms with E-state index < -0.39 is 7.26 Å². The van der Waals surface area contributed by atoms with Crippen LogP contribution in [0, 0.1) is 0 Å². The van der Waals surface area contributed by atoms with Crippen LogP contribution in [0.4, 0.5) is 11.4 Å². The summed E-state index contributed by atoms with van der Waals surface area (Å²) in [5.74, 6) is 1.69. The minimum atomic E-state index is -0.879. The van der Waals surface area contributed by atoms with E-state index in [1.54, 1.807) is 24.6 Å². The van der Waals surface area contributed by atoms with Gasteiger partial charge in [-0.05, 0) is 74.6 Å². The number of benzene rings is 2. The number of hydrogen-bond acceptors (Lipinski definition) is 3. The average molecular weight is 577 g/mol. The summed E-state index contributed by atoms with van der Waals surface area (Å²) in [5, 5.41) is 6.80. The van der Waals surface area contributed by atoms with Gasteiger partial charge in [0.05, 0.1) is 13.2 Å². The maximum absolute atomic E-state index is 5.40. The molecule has 0 fully saturated rings. The SMILES string of the molecule is CCCC[PH](CCCC)(CCCC)CCCC.CCOc1ccc(NC(=S)Nc2ccc(OCC)cc2)cc1. The van der Waals surface area contributed by atoms with E-state index in [-0.39, 0.29) is 0 Å². The Labute approximate surface area is 246 Å². The first kappa shape index (κ1) is 35.2. The fourth-order valence-corrected chi connectivity index (χ4v) is 11.0. The molecule has 2 N–H and O–H groups in total. The zero-order valence-electron chi connectivity index (χ0n) is 25.7. The Hall–Kier alpha value is -1.84. The predicted molar refractivity (Wildman–Crippen MR) is 182 cm³/mol. The van der Waals surface area contributed by atoms with Crippen LogP contribution in [0.1, 0.15) is 92.9 Å². The summed E-state index contributed by atoms with van der Waals surface area (Å²) >= 11 is 5.30. The fourth-order valence-electron chi connectivity index (χ4n) is 4.85. The molecule has 6 heteroatoms. The number of nitrogens with one attached hydrogen (secondary N) is 2. The van der Waals surface area contributed by atoms with Gasteiger partial charge in [0, 0.05) is 11.4 Å². The number of hydrogen-bond donors (Lipinski definition) is 2. The maximum Gasteiger partial charge on any atom is 0.175 e. The summed E-state index contributed by atoms with van der Waals surface area (Å²) < 4.78 is 10.8. The molecule has 0 saturated carbocycles. The van der Waals surface area contributed by atoms with Crippen molar-refractivity contribution >= 4 is 36.0 Å². The molecule has 0 aromatic heterocycles. The second-order valence-corrected chi connectivity index (χ2v) is 15.8.